The Morgan fingerprint density at radius 3 is 2.62 bits per heavy atom. The average molecular weight is 392 g/mol. The van der Waals surface area contributed by atoms with Crippen LogP contribution in [0.4, 0.5) is 0 Å². The molecule has 7 heteroatoms. The molecule has 4 nitrogen and oxygen atoms in total. The number of benzene rings is 1. The second-order valence-corrected chi connectivity index (χ2v) is 6.61. The number of hydrogen-bond acceptors (Lipinski definition) is 3. The largest absolute Gasteiger partial charge is 0.271 e. The fraction of sp³-hybridized carbons (Fsp3) is 0.357. The fourth-order valence-electron chi connectivity index (χ4n) is 2.28. The van der Waals surface area contributed by atoms with E-state index in [1.807, 2.05) is 30.8 Å². The zero-order valence-corrected chi connectivity index (χ0v) is 14.9. The van der Waals surface area contributed by atoms with Gasteiger partial charge in [0.05, 0.1) is 15.9 Å². The van der Waals surface area contributed by atoms with Crippen molar-refractivity contribution in [1.82, 2.24) is 15.2 Å². The first-order valence-corrected chi connectivity index (χ1v) is 8.05. The van der Waals surface area contributed by atoms with Crippen molar-refractivity contribution in [2.75, 3.05) is 0 Å². The van der Waals surface area contributed by atoms with E-state index >= 15 is 0 Å². The maximum atomic E-state index is 6.22. The molecule has 0 amide bonds. The third kappa shape index (κ3) is 3.99. The highest BCUT2D eigenvalue weighted by molar-refractivity contribution is 9.10. The van der Waals surface area contributed by atoms with Gasteiger partial charge in [-0.1, -0.05) is 29.3 Å². The van der Waals surface area contributed by atoms with Gasteiger partial charge in [-0.15, -0.1) is 0 Å². The maximum absolute atomic E-state index is 6.22. The van der Waals surface area contributed by atoms with Gasteiger partial charge in [0.15, 0.2) is 0 Å². The molecule has 1 aromatic heterocycles. The van der Waals surface area contributed by atoms with Crippen LogP contribution in [0.5, 0.6) is 0 Å². The number of nitrogens with zero attached hydrogens (tertiary/aromatic N) is 2. The van der Waals surface area contributed by atoms with Gasteiger partial charge in [-0.25, -0.2) is 0 Å². The third-order valence-electron chi connectivity index (χ3n) is 3.42. The lowest BCUT2D eigenvalue weighted by atomic mass is 10.0. The predicted octanol–water partition coefficient (Wildman–Crippen LogP) is 3.41. The van der Waals surface area contributed by atoms with Crippen LogP contribution in [0.25, 0.3) is 0 Å². The number of nitrogens with one attached hydrogen (secondary N) is 1. The molecule has 0 aliphatic rings. The normalized spacial score (nSPS) is 12.7. The summed E-state index contributed by atoms with van der Waals surface area (Å²) in [6.45, 7) is 1.97. The van der Waals surface area contributed by atoms with Crippen LogP contribution in [0.3, 0.4) is 0 Å². The average Bonchev–Trinajstić information content (AvgIpc) is 2.67. The van der Waals surface area contributed by atoms with E-state index in [2.05, 4.69) is 26.5 Å². The van der Waals surface area contributed by atoms with Gasteiger partial charge in [-0.3, -0.25) is 16.0 Å². The SMILES string of the molecule is Cc1nn(C)c(CC(Cc2ccc(Cl)cc2Cl)NN)c1Br. The molecular weight excluding hydrogens is 375 g/mol. The maximum Gasteiger partial charge on any atom is 0.0738 e. The summed E-state index contributed by atoms with van der Waals surface area (Å²) < 4.78 is 2.89. The Bertz CT molecular complexity index is 642. The molecule has 3 N–H and O–H groups in total. The van der Waals surface area contributed by atoms with Gasteiger partial charge in [-0.2, -0.15) is 5.10 Å². The molecule has 0 fully saturated rings. The van der Waals surface area contributed by atoms with Crippen molar-refractivity contribution in [1.29, 1.82) is 0 Å². The van der Waals surface area contributed by atoms with E-state index in [-0.39, 0.29) is 6.04 Å². The Morgan fingerprint density at radius 1 is 1.38 bits per heavy atom. The highest BCUT2D eigenvalue weighted by Gasteiger charge is 2.17. The molecule has 1 aromatic carbocycles. The Morgan fingerprint density at radius 2 is 2.10 bits per heavy atom. The monoisotopic (exact) mass is 390 g/mol. The van der Waals surface area contributed by atoms with Crippen LogP contribution in [0.15, 0.2) is 22.7 Å². The molecule has 0 bridgehead atoms. The highest BCUT2D eigenvalue weighted by Crippen LogP contribution is 2.25. The molecule has 1 heterocycles. The molecule has 0 radical (unpaired) electrons. The summed E-state index contributed by atoms with van der Waals surface area (Å²) in [4.78, 5) is 0. The molecule has 1 atom stereocenters. The minimum Gasteiger partial charge on any atom is -0.271 e. The van der Waals surface area contributed by atoms with Gasteiger partial charge in [0.2, 0.25) is 0 Å². The van der Waals surface area contributed by atoms with E-state index in [1.165, 1.54) is 0 Å². The first kappa shape index (κ1) is 16.8. The molecule has 0 aliphatic carbocycles. The number of hydrazine groups is 1. The lowest BCUT2D eigenvalue weighted by molar-refractivity contribution is 0.504. The molecule has 0 spiro atoms. The van der Waals surface area contributed by atoms with Crippen LogP contribution >= 0.6 is 39.1 Å². The second-order valence-electron chi connectivity index (χ2n) is 4.98. The van der Waals surface area contributed by atoms with E-state index in [1.54, 1.807) is 6.07 Å². The van der Waals surface area contributed by atoms with Gasteiger partial charge in [-0.05, 0) is 47.0 Å². The van der Waals surface area contributed by atoms with Crippen molar-refractivity contribution < 1.29 is 0 Å². The molecule has 21 heavy (non-hydrogen) atoms. The van der Waals surface area contributed by atoms with Crippen LogP contribution in [-0.4, -0.2) is 15.8 Å². The van der Waals surface area contributed by atoms with Gasteiger partial charge in [0.25, 0.3) is 0 Å². The molecular formula is C14H17BrCl2N4. The van der Waals surface area contributed by atoms with Crippen molar-refractivity contribution in [2.24, 2.45) is 12.9 Å². The number of halogens is 3. The minimum absolute atomic E-state index is 0.0507. The summed E-state index contributed by atoms with van der Waals surface area (Å²) in [7, 11) is 1.93. The van der Waals surface area contributed by atoms with E-state index in [9.17, 15) is 0 Å². The van der Waals surface area contributed by atoms with Gasteiger partial charge in [0.1, 0.15) is 0 Å². The number of aromatic nitrogens is 2. The summed E-state index contributed by atoms with van der Waals surface area (Å²) in [6.07, 6.45) is 1.45. The minimum atomic E-state index is 0.0507. The number of nitrogens with two attached hydrogens (primary N) is 1. The molecule has 0 saturated carbocycles. The highest BCUT2D eigenvalue weighted by atomic mass is 79.9. The molecule has 2 aromatic rings. The molecule has 0 aliphatic heterocycles. The number of hydrogen-bond donors (Lipinski definition) is 2. The quantitative estimate of drug-likeness (QED) is 0.606. The Labute approximate surface area is 142 Å². The van der Waals surface area contributed by atoms with E-state index in [4.69, 9.17) is 29.0 Å². The number of aryl methyl sites for hydroxylation is 2. The lowest BCUT2D eigenvalue weighted by Gasteiger charge is -2.17. The Hall–Kier alpha value is -0.590. The van der Waals surface area contributed by atoms with E-state index < -0.39 is 0 Å². The van der Waals surface area contributed by atoms with E-state index in [0.29, 0.717) is 16.5 Å². The summed E-state index contributed by atoms with van der Waals surface area (Å²) in [6, 6.07) is 5.56. The first-order valence-electron chi connectivity index (χ1n) is 6.50. The topological polar surface area (TPSA) is 55.9 Å². The Balaban J connectivity index is 2.17. The van der Waals surface area contributed by atoms with Crippen LogP contribution in [-0.2, 0) is 19.9 Å². The van der Waals surface area contributed by atoms with Crippen LogP contribution in [0, 0.1) is 6.92 Å². The van der Waals surface area contributed by atoms with Crippen molar-refractivity contribution in [3.8, 4) is 0 Å². The van der Waals surface area contributed by atoms with Crippen molar-refractivity contribution in [3.63, 3.8) is 0 Å². The fourth-order valence-corrected chi connectivity index (χ4v) is 3.26. The Kier molecular flexibility index (Phi) is 5.68. The first-order chi connectivity index (χ1) is 9.92. The standard InChI is InChI=1S/C14H17BrCl2N4/c1-8-14(15)13(21(2)20-8)7-11(19-18)5-9-3-4-10(16)6-12(9)17/h3-4,6,11,19H,5,7,18H2,1-2H3. The summed E-state index contributed by atoms with van der Waals surface area (Å²) >= 11 is 15.7. The smallest absolute Gasteiger partial charge is 0.0738 e. The predicted molar refractivity (Wildman–Crippen MR) is 90.6 cm³/mol. The molecule has 0 saturated heterocycles. The lowest BCUT2D eigenvalue weighted by Crippen LogP contribution is -2.39. The van der Waals surface area contributed by atoms with Crippen LogP contribution in [0.2, 0.25) is 10.0 Å². The third-order valence-corrected chi connectivity index (χ3v) is 5.04. The van der Waals surface area contributed by atoms with Gasteiger partial charge < -0.3 is 0 Å². The van der Waals surface area contributed by atoms with Crippen molar-refractivity contribution in [3.05, 3.63) is 49.7 Å². The van der Waals surface area contributed by atoms with Gasteiger partial charge in [0, 0.05) is 29.6 Å². The zero-order chi connectivity index (χ0) is 15.6. The van der Waals surface area contributed by atoms with Crippen LogP contribution < -0.4 is 11.3 Å². The van der Waals surface area contributed by atoms with Crippen molar-refractivity contribution in [2.45, 2.75) is 25.8 Å². The summed E-state index contributed by atoms with van der Waals surface area (Å²) in [5.41, 5.74) is 5.93. The zero-order valence-electron chi connectivity index (χ0n) is 11.8. The van der Waals surface area contributed by atoms with Crippen molar-refractivity contribution >= 4 is 39.1 Å². The second kappa shape index (κ2) is 7.11. The molecule has 1 unspecified atom stereocenters. The number of rotatable bonds is 5. The summed E-state index contributed by atoms with van der Waals surface area (Å²) in [5, 5.41) is 5.68. The van der Waals surface area contributed by atoms with Crippen LogP contribution in [0.1, 0.15) is 17.0 Å². The van der Waals surface area contributed by atoms with E-state index in [0.717, 1.165) is 27.8 Å². The molecule has 2 rings (SSSR count). The summed E-state index contributed by atoms with van der Waals surface area (Å²) in [5.74, 6) is 5.69. The van der Waals surface area contributed by atoms with Gasteiger partial charge >= 0.3 is 0 Å². The molecule has 114 valence electrons.